The molecule has 0 aliphatic heterocycles. The number of imidazole rings is 1. The van der Waals surface area contributed by atoms with Gasteiger partial charge in [-0.3, -0.25) is 4.79 Å². The zero-order valence-corrected chi connectivity index (χ0v) is 8.60. The topological polar surface area (TPSA) is 95.6 Å². The van der Waals surface area contributed by atoms with Gasteiger partial charge >= 0.3 is 5.97 Å². The molecule has 0 fully saturated rings. The van der Waals surface area contributed by atoms with Crippen molar-refractivity contribution >= 4 is 12.2 Å². The molecular formula is C10H14N2O4. The third-order valence-corrected chi connectivity index (χ3v) is 1.93. The van der Waals surface area contributed by atoms with E-state index >= 15 is 0 Å². The van der Waals surface area contributed by atoms with Crippen molar-refractivity contribution in [2.24, 2.45) is 0 Å². The Morgan fingerprint density at radius 2 is 2.25 bits per heavy atom. The first kappa shape index (κ1) is 12.4. The number of hydrogen-bond donors (Lipinski definition) is 3. The summed E-state index contributed by atoms with van der Waals surface area (Å²) < 4.78 is 1.63. The Kier molecular flexibility index (Phi) is 4.68. The lowest BCUT2D eigenvalue weighted by atomic mass is 10.1. The summed E-state index contributed by atoms with van der Waals surface area (Å²) in [5, 5.41) is 27.1. The van der Waals surface area contributed by atoms with Gasteiger partial charge in [0, 0.05) is 25.0 Å². The van der Waals surface area contributed by atoms with Gasteiger partial charge in [0.05, 0.1) is 25.0 Å². The molecule has 3 N–H and O–H groups in total. The lowest BCUT2D eigenvalue weighted by molar-refractivity contribution is -0.139. The second kappa shape index (κ2) is 6.04. The van der Waals surface area contributed by atoms with E-state index in [1.165, 1.54) is 6.08 Å². The Balaban J connectivity index is 2.35. The van der Waals surface area contributed by atoms with Crippen LogP contribution < -0.4 is 0 Å². The average Bonchev–Trinajstić information content (AvgIpc) is 2.65. The maximum absolute atomic E-state index is 10.3. The number of carboxylic acid groups (broad SMARTS) is 1. The summed E-state index contributed by atoms with van der Waals surface area (Å²) in [4.78, 5) is 14.1. The van der Waals surface area contributed by atoms with Gasteiger partial charge in [0.1, 0.15) is 0 Å². The van der Waals surface area contributed by atoms with Crippen LogP contribution in [0, 0.1) is 0 Å². The van der Waals surface area contributed by atoms with Gasteiger partial charge in [-0.2, -0.15) is 0 Å². The number of aromatic nitrogens is 2. The molecule has 6 heteroatoms. The van der Waals surface area contributed by atoms with E-state index in [9.17, 15) is 15.0 Å². The fraction of sp³-hybridized carbons (Fsp3) is 0.400. The van der Waals surface area contributed by atoms with Crippen LogP contribution in [-0.4, -0.2) is 43.0 Å². The largest absolute Gasteiger partial charge is 0.481 e. The number of hydrogen-bond acceptors (Lipinski definition) is 4. The van der Waals surface area contributed by atoms with Crippen LogP contribution in [0.25, 0.3) is 6.20 Å². The second-order valence-corrected chi connectivity index (χ2v) is 3.41. The van der Waals surface area contributed by atoms with E-state index in [0.29, 0.717) is 0 Å². The minimum absolute atomic E-state index is 0.00248. The van der Waals surface area contributed by atoms with Crippen molar-refractivity contribution in [1.29, 1.82) is 0 Å². The maximum atomic E-state index is 10.3. The van der Waals surface area contributed by atoms with Crippen molar-refractivity contribution in [3.8, 4) is 0 Å². The van der Waals surface area contributed by atoms with Crippen LogP contribution >= 0.6 is 0 Å². The van der Waals surface area contributed by atoms with Gasteiger partial charge in [0.2, 0.25) is 0 Å². The number of carbonyl (C=O) groups is 1. The molecule has 2 unspecified atom stereocenters. The molecule has 88 valence electrons. The summed E-state index contributed by atoms with van der Waals surface area (Å²) in [5.41, 5.74) is 0. The van der Waals surface area contributed by atoms with Gasteiger partial charge in [-0.1, -0.05) is 0 Å². The number of nitrogens with zero attached hydrogens (tertiary/aromatic N) is 2. The SMILES string of the molecule is O=C(O)CC(O)CC(O)/C=C/n1ccnc1. The molecule has 0 amide bonds. The van der Waals surface area contributed by atoms with E-state index < -0.39 is 18.2 Å². The van der Waals surface area contributed by atoms with Gasteiger partial charge in [-0.15, -0.1) is 0 Å². The Bertz CT molecular complexity index is 348. The highest BCUT2D eigenvalue weighted by molar-refractivity contribution is 5.67. The van der Waals surface area contributed by atoms with Crippen LogP contribution in [-0.2, 0) is 4.79 Å². The standard InChI is InChI=1S/C10H14N2O4/c13-8(5-9(14)6-10(15)16)1-3-12-4-2-11-7-12/h1-4,7-9,13-14H,5-6H2,(H,15,16)/b3-1+. The number of rotatable bonds is 6. The third-order valence-electron chi connectivity index (χ3n) is 1.93. The summed E-state index contributed by atoms with van der Waals surface area (Å²) in [7, 11) is 0. The molecule has 1 heterocycles. The molecule has 2 atom stereocenters. The van der Waals surface area contributed by atoms with Gasteiger partial charge < -0.3 is 19.9 Å². The van der Waals surface area contributed by atoms with E-state index in [4.69, 9.17) is 5.11 Å². The first-order chi connectivity index (χ1) is 7.58. The van der Waals surface area contributed by atoms with Crippen LogP contribution in [0.15, 0.2) is 24.8 Å². The van der Waals surface area contributed by atoms with E-state index in [1.54, 1.807) is 29.5 Å². The van der Waals surface area contributed by atoms with Crippen LogP contribution in [0.2, 0.25) is 0 Å². The summed E-state index contributed by atoms with van der Waals surface area (Å²) in [6, 6.07) is 0. The molecule has 1 aromatic heterocycles. The number of carboxylic acids is 1. The molecular weight excluding hydrogens is 212 g/mol. The molecule has 0 aliphatic rings. The fourth-order valence-electron chi connectivity index (χ4n) is 1.20. The van der Waals surface area contributed by atoms with Crippen molar-refractivity contribution in [3.63, 3.8) is 0 Å². The van der Waals surface area contributed by atoms with Crippen molar-refractivity contribution < 1.29 is 20.1 Å². The fourth-order valence-corrected chi connectivity index (χ4v) is 1.20. The van der Waals surface area contributed by atoms with E-state index in [1.807, 2.05) is 0 Å². The van der Waals surface area contributed by atoms with E-state index in [0.717, 1.165) is 0 Å². The quantitative estimate of drug-likeness (QED) is 0.631. The Morgan fingerprint density at radius 1 is 1.50 bits per heavy atom. The maximum Gasteiger partial charge on any atom is 0.305 e. The van der Waals surface area contributed by atoms with Crippen molar-refractivity contribution in [2.75, 3.05) is 0 Å². The lowest BCUT2D eigenvalue weighted by Gasteiger charge is -2.10. The number of aliphatic carboxylic acids is 1. The normalized spacial score (nSPS) is 15.1. The summed E-state index contributed by atoms with van der Waals surface area (Å²) in [6.45, 7) is 0. The smallest absolute Gasteiger partial charge is 0.305 e. The molecule has 16 heavy (non-hydrogen) atoms. The molecule has 1 aromatic rings. The van der Waals surface area contributed by atoms with Crippen molar-refractivity contribution in [3.05, 3.63) is 24.8 Å². The monoisotopic (exact) mass is 226 g/mol. The zero-order valence-electron chi connectivity index (χ0n) is 8.60. The van der Waals surface area contributed by atoms with Crippen LogP contribution in [0.5, 0.6) is 0 Å². The highest BCUT2D eigenvalue weighted by Gasteiger charge is 2.12. The molecule has 0 aromatic carbocycles. The summed E-state index contributed by atoms with van der Waals surface area (Å²) >= 11 is 0. The molecule has 1 rings (SSSR count). The Hall–Kier alpha value is -1.66. The average molecular weight is 226 g/mol. The molecule has 0 bridgehead atoms. The van der Waals surface area contributed by atoms with Crippen LogP contribution in [0.3, 0.4) is 0 Å². The molecule has 0 radical (unpaired) electrons. The predicted octanol–water partition coefficient (Wildman–Crippen LogP) is -0.0596. The molecule has 0 saturated carbocycles. The first-order valence-corrected chi connectivity index (χ1v) is 4.81. The lowest BCUT2D eigenvalue weighted by Crippen LogP contribution is -2.19. The zero-order chi connectivity index (χ0) is 12.0. The minimum Gasteiger partial charge on any atom is -0.481 e. The minimum atomic E-state index is -1.08. The van der Waals surface area contributed by atoms with Crippen LogP contribution in [0.1, 0.15) is 12.8 Å². The number of aliphatic hydroxyl groups is 2. The van der Waals surface area contributed by atoms with E-state index in [-0.39, 0.29) is 12.8 Å². The number of aliphatic hydroxyl groups excluding tert-OH is 2. The van der Waals surface area contributed by atoms with Crippen molar-refractivity contribution in [1.82, 2.24) is 9.55 Å². The van der Waals surface area contributed by atoms with Crippen LogP contribution in [0.4, 0.5) is 0 Å². The van der Waals surface area contributed by atoms with Gasteiger partial charge in [0.25, 0.3) is 0 Å². The Labute approximate surface area is 92.5 Å². The second-order valence-electron chi connectivity index (χ2n) is 3.41. The highest BCUT2D eigenvalue weighted by atomic mass is 16.4. The van der Waals surface area contributed by atoms with E-state index in [2.05, 4.69) is 4.98 Å². The third kappa shape index (κ3) is 4.72. The predicted molar refractivity (Wildman–Crippen MR) is 56.4 cm³/mol. The molecule has 0 spiro atoms. The van der Waals surface area contributed by atoms with Crippen molar-refractivity contribution in [2.45, 2.75) is 25.0 Å². The van der Waals surface area contributed by atoms with Gasteiger partial charge in [0.15, 0.2) is 0 Å². The van der Waals surface area contributed by atoms with Gasteiger partial charge in [-0.25, -0.2) is 4.98 Å². The Morgan fingerprint density at radius 3 is 2.81 bits per heavy atom. The highest BCUT2D eigenvalue weighted by Crippen LogP contribution is 2.04. The molecule has 6 nitrogen and oxygen atoms in total. The molecule has 0 aliphatic carbocycles. The summed E-state index contributed by atoms with van der Waals surface area (Å²) in [6.07, 6.45) is 5.60. The summed E-state index contributed by atoms with van der Waals surface area (Å²) in [5.74, 6) is -1.08. The van der Waals surface area contributed by atoms with Gasteiger partial charge in [-0.05, 0) is 6.08 Å². The first-order valence-electron chi connectivity index (χ1n) is 4.81. The molecule has 0 saturated heterocycles.